The van der Waals surface area contributed by atoms with E-state index in [0.29, 0.717) is 44.8 Å². The normalized spacial score (nSPS) is 17.2. The minimum absolute atomic E-state index is 0.00360. The number of hydrogen-bond donors (Lipinski definition) is 0. The summed E-state index contributed by atoms with van der Waals surface area (Å²) in [6.45, 7) is 5.68. The highest BCUT2D eigenvalue weighted by Gasteiger charge is 2.25. The van der Waals surface area contributed by atoms with E-state index >= 15 is 0 Å². The number of aromatic nitrogens is 2. The summed E-state index contributed by atoms with van der Waals surface area (Å²) in [5, 5.41) is 4.23. The molecule has 33 heavy (non-hydrogen) atoms. The molecule has 0 N–H and O–H groups in total. The van der Waals surface area contributed by atoms with Crippen LogP contribution in [-0.4, -0.2) is 64.2 Å². The molecule has 0 atom stereocenters. The molecule has 1 aliphatic carbocycles. The lowest BCUT2D eigenvalue weighted by Gasteiger charge is -2.35. The molecule has 4 rings (SSSR count). The second-order valence-electron chi connectivity index (χ2n) is 9.16. The Morgan fingerprint density at radius 2 is 1.79 bits per heavy atom. The number of ether oxygens (including phenoxy) is 1. The molecule has 1 aromatic heterocycles. The highest BCUT2D eigenvalue weighted by molar-refractivity contribution is 5.94. The minimum Gasteiger partial charge on any atom is -0.494 e. The van der Waals surface area contributed by atoms with Crippen LogP contribution in [0.1, 0.15) is 61.5 Å². The molecule has 2 heterocycles. The Morgan fingerprint density at radius 3 is 2.55 bits per heavy atom. The van der Waals surface area contributed by atoms with Gasteiger partial charge in [-0.2, -0.15) is 5.10 Å². The first-order chi connectivity index (χ1) is 16.1. The van der Waals surface area contributed by atoms with E-state index in [1.54, 1.807) is 6.20 Å². The molecule has 1 aliphatic heterocycles. The van der Waals surface area contributed by atoms with Crippen LogP contribution in [0, 0.1) is 5.92 Å². The van der Waals surface area contributed by atoms with Crippen molar-refractivity contribution in [1.82, 2.24) is 19.6 Å². The van der Waals surface area contributed by atoms with Crippen LogP contribution in [0.5, 0.6) is 5.75 Å². The third-order valence-corrected chi connectivity index (χ3v) is 6.96. The number of aryl methyl sites for hydroxylation is 1. The van der Waals surface area contributed by atoms with Crippen molar-refractivity contribution in [2.24, 2.45) is 5.92 Å². The maximum atomic E-state index is 13.0. The largest absolute Gasteiger partial charge is 0.494 e. The molecule has 2 aliphatic rings. The van der Waals surface area contributed by atoms with Crippen molar-refractivity contribution >= 4 is 11.8 Å². The van der Waals surface area contributed by atoms with E-state index in [-0.39, 0.29) is 11.8 Å². The zero-order valence-electron chi connectivity index (χ0n) is 19.7. The predicted octanol–water partition coefficient (Wildman–Crippen LogP) is 3.78. The highest BCUT2D eigenvalue weighted by atomic mass is 16.5. The average Bonchev–Trinajstić information content (AvgIpc) is 3.31. The number of rotatable bonds is 8. The average molecular weight is 453 g/mol. The monoisotopic (exact) mass is 452 g/mol. The van der Waals surface area contributed by atoms with Crippen molar-refractivity contribution in [1.29, 1.82) is 0 Å². The molecular formula is C26H36N4O3. The summed E-state index contributed by atoms with van der Waals surface area (Å²) in [5.74, 6) is 1.64. The van der Waals surface area contributed by atoms with Crippen LogP contribution >= 0.6 is 0 Å². The van der Waals surface area contributed by atoms with Crippen molar-refractivity contribution in [2.75, 3.05) is 32.8 Å². The molecule has 7 heteroatoms. The summed E-state index contributed by atoms with van der Waals surface area (Å²) in [5.41, 5.74) is 1.58. The van der Waals surface area contributed by atoms with Crippen LogP contribution in [0.3, 0.4) is 0 Å². The predicted molar refractivity (Wildman–Crippen MR) is 127 cm³/mol. The number of carbonyl (C=O) groups excluding carboxylic acids is 2. The SMILES string of the molecule is CCn1nccc1CC(=O)N1CCN(C(=O)c2cccc(OCCC3CCCCC3)c2)CC1. The quantitative estimate of drug-likeness (QED) is 0.611. The van der Waals surface area contributed by atoms with E-state index < -0.39 is 0 Å². The van der Waals surface area contributed by atoms with Crippen LogP contribution in [0.25, 0.3) is 0 Å². The fraction of sp³-hybridized carbons (Fsp3) is 0.577. The number of amides is 2. The number of piperazine rings is 1. The minimum atomic E-state index is 0.00360. The van der Waals surface area contributed by atoms with Crippen molar-refractivity contribution in [3.8, 4) is 5.75 Å². The second-order valence-corrected chi connectivity index (χ2v) is 9.16. The van der Waals surface area contributed by atoms with Crippen molar-refractivity contribution < 1.29 is 14.3 Å². The van der Waals surface area contributed by atoms with Gasteiger partial charge in [-0.3, -0.25) is 14.3 Å². The molecule has 2 aromatic rings. The Kier molecular flexibility index (Phi) is 8.02. The molecule has 0 radical (unpaired) electrons. The van der Waals surface area contributed by atoms with E-state index in [0.717, 1.165) is 30.3 Å². The standard InChI is InChI=1S/C26H36N4O3/c1-2-30-23(11-13-27-30)20-25(31)28-14-16-29(17-15-28)26(32)22-9-6-10-24(19-22)33-18-12-21-7-4-3-5-8-21/h6,9-11,13,19,21H,2-5,7-8,12,14-18,20H2,1H3. The molecule has 1 saturated carbocycles. The molecular weight excluding hydrogens is 416 g/mol. The van der Waals surface area contributed by atoms with Crippen LogP contribution < -0.4 is 4.74 Å². The van der Waals surface area contributed by atoms with Gasteiger partial charge in [-0.25, -0.2) is 0 Å². The summed E-state index contributed by atoms with van der Waals surface area (Å²) in [6.07, 6.45) is 9.87. The first-order valence-corrected chi connectivity index (χ1v) is 12.4. The van der Waals surface area contributed by atoms with Gasteiger partial charge in [0, 0.05) is 50.2 Å². The zero-order valence-corrected chi connectivity index (χ0v) is 19.7. The number of nitrogens with zero attached hydrogens (tertiary/aromatic N) is 4. The smallest absolute Gasteiger partial charge is 0.254 e. The fourth-order valence-corrected chi connectivity index (χ4v) is 4.94. The Morgan fingerprint density at radius 1 is 1.03 bits per heavy atom. The van der Waals surface area contributed by atoms with Gasteiger partial charge in [-0.15, -0.1) is 0 Å². The molecule has 7 nitrogen and oxygen atoms in total. The molecule has 0 spiro atoms. The molecule has 1 aromatic carbocycles. The van der Waals surface area contributed by atoms with Gasteiger partial charge in [0.1, 0.15) is 5.75 Å². The van der Waals surface area contributed by atoms with Gasteiger partial charge in [-0.05, 0) is 43.5 Å². The molecule has 2 amide bonds. The van der Waals surface area contributed by atoms with E-state index in [4.69, 9.17) is 4.74 Å². The van der Waals surface area contributed by atoms with Crippen LogP contribution in [0.2, 0.25) is 0 Å². The third kappa shape index (κ3) is 6.15. The lowest BCUT2D eigenvalue weighted by molar-refractivity contribution is -0.132. The fourth-order valence-electron chi connectivity index (χ4n) is 4.94. The summed E-state index contributed by atoms with van der Waals surface area (Å²) in [7, 11) is 0. The Balaban J connectivity index is 1.25. The van der Waals surface area contributed by atoms with Crippen molar-refractivity contribution in [3.05, 3.63) is 47.8 Å². The Bertz CT molecular complexity index is 927. The summed E-state index contributed by atoms with van der Waals surface area (Å²) in [6, 6.07) is 9.41. The Labute approximate surface area is 196 Å². The lowest BCUT2D eigenvalue weighted by Crippen LogP contribution is -2.51. The van der Waals surface area contributed by atoms with Gasteiger partial charge < -0.3 is 14.5 Å². The summed E-state index contributed by atoms with van der Waals surface area (Å²) >= 11 is 0. The number of benzene rings is 1. The maximum Gasteiger partial charge on any atom is 0.254 e. The van der Waals surface area contributed by atoms with Crippen molar-refractivity contribution in [2.45, 2.75) is 58.4 Å². The molecule has 0 unspecified atom stereocenters. The first-order valence-electron chi connectivity index (χ1n) is 12.4. The molecule has 0 bridgehead atoms. The highest BCUT2D eigenvalue weighted by Crippen LogP contribution is 2.26. The van der Waals surface area contributed by atoms with Gasteiger partial charge in [-0.1, -0.05) is 38.2 Å². The molecule has 1 saturated heterocycles. The molecule has 178 valence electrons. The van der Waals surface area contributed by atoms with Crippen LogP contribution in [0.15, 0.2) is 36.5 Å². The van der Waals surface area contributed by atoms with Gasteiger partial charge in [0.05, 0.1) is 13.0 Å². The van der Waals surface area contributed by atoms with Crippen LogP contribution in [-0.2, 0) is 17.8 Å². The topological polar surface area (TPSA) is 67.7 Å². The van der Waals surface area contributed by atoms with Gasteiger partial charge in [0.25, 0.3) is 5.91 Å². The number of hydrogen-bond acceptors (Lipinski definition) is 4. The van der Waals surface area contributed by atoms with E-state index in [1.165, 1.54) is 32.1 Å². The number of carbonyl (C=O) groups is 2. The van der Waals surface area contributed by atoms with Gasteiger partial charge in [0.15, 0.2) is 0 Å². The lowest BCUT2D eigenvalue weighted by atomic mass is 9.87. The van der Waals surface area contributed by atoms with Crippen molar-refractivity contribution in [3.63, 3.8) is 0 Å². The first kappa shape index (κ1) is 23.3. The Hall–Kier alpha value is -2.83. The molecule has 2 fully saturated rings. The summed E-state index contributed by atoms with van der Waals surface area (Å²) in [4.78, 5) is 29.4. The zero-order chi connectivity index (χ0) is 23.0. The summed E-state index contributed by atoms with van der Waals surface area (Å²) < 4.78 is 7.82. The second kappa shape index (κ2) is 11.3. The maximum absolute atomic E-state index is 13.0. The van der Waals surface area contributed by atoms with E-state index in [1.807, 2.05) is 51.7 Å². The van der Waals surface area contributed by atoms with Gasteiger partial charge >= 0.3 is 0 Å². The third-order valence-electron chi connectivity index (χ3n) is 6.96. The van der Waals surface area contributed by atoms with E-state index in [2.05, 4.69) is 5.10 Å². The van der Waals surface area contributed by atoms with E-state index in [9.17, 15) is 9.59 Å². The van der Waals surface area contributed by atoms with Gasteiger partial charge in [0.2, 0.25) is 5.91 Å². The van der Waals surface area contributed by atoms with Crippen LogP contribution in [0.4, 0.5) is 0 Å².